The number of carbonyl (C=O) groups is 2. The van der Waals surface area contributed by atoms with Gasteiger partial charge >= 0.3 is 0 Å². The van der Waals surface area contributed by atoms with Crippen molar-refractivity contribution in [1.82, 2.24) is 10.2 Å². The first-order chi connectivity index (χ1) is 16.5. The summed E-state index contributed by atoms with van der Waals surface area (Å²) >= 11 is 0. The summed E-state index contributed by atoms with van der Waals surface area (Å²) in [5.74, 6) is 1.76. The zero-order valence-electron chi connectivity index (χ0n) is 19.6. The lowest BCUT2D eigenvalue weighted by Gasteiger charge is -2.38. The lowest BCUT2D eigenvalue weighted by molar-refractivity contribution is -0.134. The molecule has 1 aromatic heterocycles. The molecule has 0 radical (unpaired) electrons. The van der Waals surface area contributed by atoms with E-state index in [2.05, 4.69) is 29.6 Å². The van der Waals surface area contributed by atoms with E-state index in [4.69, 9.17) is 9.15 Å². The third kappa shape index (κ3) is 4.72. The molecule has 5 rings (SSSR count). The van der Waals surface area contributed by atoms with Crippen molar-refractivity contribution in [3.8, 4) is 5.75 Å². The fourth-order valence-electron chi connectivity index (χ4n) is 4.55. The van der Waals surface area contributed by atoms with Gasteiger partial charge in [-0.05, 0) is 74.1 Å². The molecule has 6 heteroatoms. The Bertz CT molecular complexity index is 1180. The van der Waals surface area contributed by atoms with Gasteiger partial charge in [0.25, 0.3) is 5.91 Å². The minimum Gasteiger partial charge on any atom is -0.486 e. The van der Waals surface area contributed by atoms with Gasteiger partial charge in [-0.3, -0.25) is 9.59 Å². The van der Waals surface area contributed by atoms with Crippen LogP contribution in [0, 0.1) is 5.92 Å². The Kier molecular flexibility index (Phi) is 6.14. The van der Waals surface area contributed by atoms with E-state index in [1.54, 1.807) is 12.1 Å². The third-order valence-electron chi connectivity index (χ3n) is 6.36. The van der Waals surface area contributed by atoms with Crippen molar-refractivity contribution in [2.75, 3.05) is 6.54 Å². The van der Waals surface area contributed by atoms with Crippen molar-refractivity contribution in [1.29, 1.82) is 0 Å². The smallest absolute Gasteiger partial charge is 0.287 e. The maximum atomic E-state index is 13.1. The Morgan fingerprint density at radius 3 is 2.62 bits per heavy atom. The van der Waals surface area contributed by atoms with Gasteiger partial charge < -0.3 is 19.4 Å². The van der Waals surface area contributed by atoms with Gasteiger partial charge in [0.2, 0.25) is 5.91 Å². The molecule has 2 amide bonds. The molecule has 2 aliphatic rings. The van der Waals surface area contributed by atoms with E-state index in [0.717, 1.165) is 36.9 Å². The number of nitrogens with one attached hydrogen (secondary N) is 1. The van der Waals surface area contributed by atoms with Crippen molar-refractivity contribution < 1.29 is 18.7 Å². The fourth-order valence-corrected chi connectivity index (χ4v) is 4.55. The first-order valence-corrected chi connectivity index (χ1v) is 12.0. The molecule has 1 aliphatic heterocycles. The summed E-state index contributed by atoms with van der Waals surface area (Å²) in [5.41, 5.74) is 3.47. The molecule has 176 valence electrons. The largest absolute Gasteiger partial charge is 0.486 e. The number of hydrogen-bond acceptors (Lipinski definition) is 4. The summed E-state index contributed by atoms with van der Waals surface area (Å²) in [5, 5.41) is 2.82. The lowest BCUT2D eigenvalue weighted by Crippen LogP contribution is -2.41. The van der Waals surface area contributed by atoms with Crippen LogP contribution in [0.4, 0.5) is 0 Å². The number of furan rings is 1. The van der Waals surface area contributed by atoms with Gasteiger partial charge in [-0.25, -0.2) is 0 Å². The van der Waals surface area contributed by atoms with Gasteiger partial charge in [0.1, 0.15) is 18.1 Å². The summed E-state index contributed by atoms with van der Waals surface area (Å²) in [6, 6.07) is 19.7. The molecule has 3 aromatic rings. The SMILES string of the molecule is CC(C)NC(=O)c1ccc(COc2ccc3c(c2)C(c2ccccc2)N(C(=O)C2CC2)CC3)o1. The molecular formula is C28H30N2O4. The van der Waals surface area contributed by atoms with Crippen LogP contribution in [-0.4, -0.2) is 29.3 Å². The first kappa shape index (κ1) is 22.3. The van der Waals surface area contributed by atoms with Crippen LogP contribution in [0.15, 0.2) is 65.1 Å². The second-order valence-corrected chi connectivity index (χ2v) is 9.41. The number of amides is 2. The molecule has 0 spiro atoms. The number of carbonyl (C=O) groups excluding carboxylic acids is 2. The molecule has 1 aliphatic carbocycles. The van der Waals surface area contributed by atoms with Crippen LogP contribution in [0.2, 0.25) is 0 Å². The van der Waals surface area contributed by atoms with E-state index in [9.17, 15) is 9.59 Å². The minimum atomic E-state index is -0.235. The highest BCUT2D eigenvalue weighted by atomic mass is 16.5. The van der Waals surface area contributed by atoms with E-state index >= 15 is 0 Å². The Morgan fingerprint density at radius 2 is 1.88 bits per heavy atom. The standard InChI is InChI=1S/C28H30N2O4/c1-18(2)29-27(31)25-13-12-23(34-25)17-33-22-11-10-19-14-15-30(28(32)21-8-9-21)26(24(19)16-22)20-6-4-3-5-7-20/h3-7,10-13,16,18,21,26H,8-9,14-15,17H2,1-2H3,(H,29,31). The van der Waals surface area contributed by atoms with Gasteiger partial charge in [-0.2, -0.15) is 0 Å². The number of hydrogen-bond donors (Lipinski definition) is 1. The molecule has 2 heterocycles. The van der Waals surface area contributed by atoms with Gasteiger partial charge in [0, 0.05) is 18.5 Å². The minimum absolute atomic E-state index is 0.0386. The predicted octanol–water partition coefficient (Wildman–Crippen LogP) is 4.88. The van der Waals surface area contributed by atoms with Crippen LogP contribution < -0.4 is 10.1 Å². The highest BCUT2D eigenvalue weighted by molar-refractivity contribution is 5.91. The maximum Gasteiger partial charge on any atom is 0.287 e. The zero-order valence-corrected chi connectivity index (χ0v) is 19.6. The van der Waals surface area contributed by atoms with Crippen LogP contribution >= 0.6 is 0 Å². The van der Waals surface area contributed by atoms with E-state index in [0.29, 0.717) is 11.5 Å². The van der Waals surface area contributed by atoms with Crippen LogP contribution in [0.1, 0.15) is 65.7 Å². The summed E-state index contributed by atoms with van der Waals surface area (Å²) in [7, 11) is 0. The van der Waals surface area contributed by atoms with E-state index < -0.39 is 0 Å². The van der Waals surface area contributed by atoms with E-state index in [-0.39, 0.29) is 42.2 Å². The second kappa shape index (κ2) is 9.37. The molecule has 2 aromatic carbocycles. The van der Waals surface area contributed by atoms with Crippen LogP contribution in [-0.2, 0) is 17.8 Å². The number of ether oxygens (including phenoxy) is 1. The molecule has 1 N–H and O–H groups in total. The summed E-state index contributed by atoms with van der Waals surface area (Å²) in [4.78, 5) is 27.3. The monoisotopic (exact) mass is 458 g/mol. The molecule has 6 nitrogen and oxygen atoms in total. The average Bonchev–Trinajstić information content (AvgIpc) is 3.58. The predicted molar refractivity (Wildman–Crippen MR) is 129 cm³/mol. The Morgan fingerprint density at radius 1 is 1.09 bits per heavy atom. The number of nitrogens with zero attached hydrogens (tertiary/aromatic N) is 1. The summed E-state index contributed by atoms with van der Waals surface area (Å²) < 4.78 is 11.7. The Balaban J connectivity index is 1.37. The van der Waals surface area contributed by atoms with Crippen LogP contribution in [0.3, 0.4) is 0 Å². The molecule has 1 fully saturated rings. The highest BCUT2D eigenvalue weighted by Crippen LogP contribution is 2.41. The maximum absolute atomic E-state index is 13.1. The second-order valence-electron chi connectivity index (χ2n) is 9.41. The number of rotatable bonds is 7. The normalized spacial score (nSPS) is 17.4. The number of fused-ring (bicyclic) bond motifs is 1. The fraction of sp³-hybridized carbons (Fsp3) is 0.357. The van der Waals surface area contributed by atoms with Crippen LogP contribution in [0.25, 0.3) is 0 Å². The van der Waals surface area contributed by atoms with E-state index in [1.165, 1.54) is 5.56 Å². The molecule has 0 saturated heterocycles. The third-order valence-corrected chi connectivity index (χ3v) is 6.36. The highest BCUT2D eigenvalue weighted by Gasteiger charge is 2.39. The van der Waals surface area contributed by atoms with E-state index in [1.807, 2.05) is 43.0 Å². The topological polar surface area (TPSA) is 71.8 Å². The molecule has 1 unspecified atom stereocenters. The van der Waals surface area contributed by atoms with Gasteiger partial charge in [-0.1, -0.05) is 36.4 Å². The Labute approximate surface area is 199 Å². The van der Waals surface area contributed by atoms with Gasteiger partial charge in [-0.15, -0.1) is 0 Å². The molecule has 1 atom stereocenters. The van der Waals surface area contributed by atoms with Gasteiger partial charge in [0.15, 0.2) is 5.76 Å². The van der Waals surface area contributed by atoms with Crippen molar-refractivity contribution in [2.24, 2.45) is 5.92 Å². The van der Waals surface area contributed by atoms with Crippen molar-refractivity contribution in [3.63, 3.8) is 0 Å². The van der Waals surface area contributed by atoms with Crippen molar-refractivity contribution in [2.45, 2.75) is 51.8 Å². The molecule has 0 bridgehead atoms. The van der Waals surface area contributed by atoms with Crippen molar-refractivity contribution >= 4 is 11.8 Å². The molecule has 1 saturated carbocycles. The van der Waals surface area contributed by atoms with Crippen LogP contribution in [0.5, 0.6) is 5.75 Å². The average molecular weight is 459 g/mol. The van der Waals surface area contributed by atoms with Crippen molar-refractivity contribution in [3.05, 3.63) is 88.9 Å². The number of benzene rings is 2. The van der Waals surface area contributed by atoms with Gasteiger partial charge in [0.05, 0.1) is 6.04 Å². The molecule has 34 heavy (non-hydrogen) atoms. The Hall–Kier alpha value is -3.54. The first-order valence-electron chi connectivity index (χ1n) is 12.0. The molecular weight excluding hydrogens is 428 g/mol. The summed E-state index contributed by atoms with van der Waals surface area (Å²) in [6.07, 6.45) is 2.82. The zero-order chi connectivity index (χ0) is 23.7. The lowest BCUT2D eigenvalue weighted by atomic mass is 9.87. The summed E-state index contributed by atoms with van der Waals surface area (Å²) in [6.45, 7) is 4.76. The quantitative estimate of drug-likeness (QED) is 0.548.